The molecule has 0 spiro atoms. The smallest absolute Gasteiger partial charge is 0.328 e. The molecule has 2 unspecified atom stereocenters. The first kappa shape index (κ1) is 26.4. The maximum absolute atomic E-state index is 13.5. The predicted molar refractivity (Wildman–Crippen MR) is 133 cm³/mol. The standard InChI is InChI=1S/C26H31N5O5/c1-4-31-25(35)30(24(34)26(31,3)19-13-11-18(12-14-19)23(27)28)16-21(32)29-20(15-22(33)36-5-2)17-9-7-6-8-10-17/h6-14,20H,4-5,15-16H2,1-3H3,(H3,27,28)(H,29,32). The summed E-state index contributed by atoms with van der Waals surface area (Å²) in [5.41, 5.74) is 5.93. The van der Waals surface area contributed by atoms with E-state index in [4.69, 9.17) is 15.9 Å². The lowest BCUT2D eigenvalue weighted by Crippen LogP contribution is -2.44. The number of esters is 1. The number of nitrogen functional groups attached to an aromatic ring is 1. The zero-order valence-electron chi connectivity index (χ0n) is 20.6. The third-order valence-electron chi connectivity index (χ3n) is 6.25. The first-order valence-corrected chi connectivity index (χ1v) is 11.7. The quantitative estimate of drug-likeness (QED) is 0.200. The Bertz CT molecular complexity index is 1150. The number of amides is 4. The van der Waals surface area contributed by atoms with Gasteiger partial charge in [-0.05, 0) is 31.9 Å². The number of hydrogen-bond acceptors (Lipinski definition) is 6. The molecule has 1 fully saturated rings. The van der Waals surface area contributed by atoms with Crippen molar-refractivity contribution in [2.24, 2.45) is 5.73 Å². The van der Waals surface area contributed by atoms with Crippen molar-refractivity contribution >= 4 is 29.7 Å². The van der Waals surface area contributed by atoms with E-state index in [2.05, 4.69) is 5.32 Å². The van der Waals surface area contributed by atoms with Crippen molar-refractivity contribution in [3.63, 3.8) is 0 Å². The maximum atomic E-state index is 13.5. The summed E-state index contributed by atoms with van der Waals surface area (Å²) in [7, 11) is 0. The molecule has 4 N–H and O–H groups in total. The summed E-state index contributed by atoms with van der Waals surface area (Å²) in [6.07, 6.45) is -0.0905. The van der Waals surface area contributed by atoms with Crippen LogP contribution < -0.4 is 11.1 Å². The number of carbonyl (C=O) groups is 4. The van der Waals surface area contributed by atoms with Crippen molar-refractivity contribution < 1.29 is 23.9 Å². The molecule has 3 rings (SSSR count). The molecule has 1 aliphatic heterocycles. The monoisotopic (exact) mass is 493 g/mol. The van der Waals surface area contributed by atoms with E-state index in [1.165, 1.54) is 4.90 Å². The van der Waals surface area contributed by atoms with Gasteiger partial charge in [-0.2, -0.15) is 0 Å². The Hall–Kier alpha value is -4.21. The van der Waals surface area contributed by atoms with Gasteiger partial charge in [-0.3, -0.25) is 24.7 Å². The maximum Gasteiger partial charge on any atom is 0.328 e. The average Bonchev–Trinajstić information content (AvgIpc) is 3.04. The minimum absolute atomic E-state index is 0.0905. The molecule has 2 atom stereocenters. The van der Waals surface area contributed by atoms with E-state index in [0.29, 0.717) is 16.7 Å². The van der Waals surface area contributed by atoms with E-state index < -0.39 is 41.9 Å². The molecule has 36 heavy (non-hydrogen) atoms. The molecule has 0 bridgehead atoms. The van der Waals surface area contributed by atoms with Crippen LogP contribution in [0, 0.1) is 5.41 Å². The lowest BCUT2D eigenvalue weighted by molar-refractivity contribution is -0.144. The molecule has 2 aromatic rings. The zero-order valence-corrected chi connectivity index (χ0v) is 20.6. The van der Waals surface area contributed by atoms with Crippen LogP contribution in [0.15, 0.2) is 54.6 Å². The molecule has 2 aromatic carbocycles. The molecule has 1 saturated heterocycles. The second kappa shape index (κ2) is 11.0. The fourth-order valence-corrected chi connectivity index (χ4v) is 4.35. The van der Waals surface area contributed by atoms with Gasteiger partial charge in [0.25, 0.3) is 5.91 Å². The summed E-state index contributed by atoms with van der Waals surface area (Å²) < 4.78 is 5.03. The number of urea groups is 1. The number of likely N-dealkylation sites (N-methyl/N-ethyl adjacent to an activating group) is 1. The van der Waals surface area contributed by atoms with E-state index in [1.807, 2.05) is 6.07 Å². The summed E-state index contributed by atoms with van der Waals surface area (Å²) in [6, 6.07) is 14.2. The normalized spacial score (nSPS) is 18.2. The third-order valence-corrected chi connectivity index (χ3v) is 6.25. The largest absolute Gasteiger partial charge is 0.466 e. The Morgan fingerprint density at radius 1 is 1.08 bits per heavy atom. The van der Waals surface area contributed by atoms with Crippen LogP contribution in [0.1, 0.15) is 49.9 Å². The van der Waals surface area contributed by atoms with Gasteiger partial charge in [-0.25, -0.2) is 4.79 Å². The van der Waals surface area contributed by atoms with Crippen LogP contribution in [0.25, 0.3) is 0 Å². The van der Waals surface area contributed by atoms with Crippen molar-refractivity contribution in [3.8, 4) is 0 Å². The first-order valence-electron chi connectivity index (χ1n) is 11.7. The highest BCUT2D eigenvalue weighted by atomic mass is 16.5. The van der Waals surface area contributed by atoms with Crippen LogP contribution in [0.5, 0.6) is 0 Å². The average molecular weight is 494 g/mol. The number of amidine groups is 1. The number of nitrogens with one attached hydrogen (secondary N) is 2. The molecule has 10 nitrogen and oxygen atoms in total. The fourth-order valence-electron chi connectivity index (χ4n) is 4.35. The lowest BCUT2D eigenvalue weighted by atomic mass is 9.89. The number of nitrogens with two attached hydrogens (primary N) is 1. The van der Waals surface area contributed by atoms with Gasteiger partial charge in [0, 0.05) is 12.1 Å². The predicted octanol–water partition coefficient (Wildman–Crippen LogP) is 2.28. The first-order chi connectivity index (χ1) is 17.1. The van der Waals surface area contributed by atoms with Crippen LogP contribution in [-0.2, 0) is 24.7 Å². The molecule has 0 aromatic heterocycles. The van der Waals surface area contributed by atoms with Crippen molar-refractivity contribution in [1.82, 2.24) is 15.1 Å². The van der Waals surface area contributed by atoms with Crippen LogP contribution in [0.2, 0.25) is 0 Å². The van der Waals surface area contributed by atoms with Crippen LogP contribution in [0.4, 0.5) is 4.79 Å². The van der Waals surface area contributed by atoms with Crippen molar-refractivity contribution in [3.05, 3.63) is 71.3 Å². The van der Waals surface area contributed by atoms with Crippen LogP contribution in [0.3, 0.4) is 0 Å². The molecule has 0 saturated carbocycles. The van der Waals surface area contributed by atoms with E-state index in [0.717, 1.165) is 4.90 Å². The molecule has 4 amide bonds. The second-order valence-electron chi connectivity index (χ2n) is 8.52. The second-order valence-corrected chi connectivity index (χ2v) is 8.52. The molecule has 0 aliphatic carbocycles. The molecule has 190 valence electrons. The third kappa shape index (κ3) is 5.22. The van der Waals surface area contributed by atoms with Gasteiger partial charge in [-0.15, -0.1) is 0 Å². The van der Waals surface area contributed by atoms with E-state index in [1.54, 1.807) is 69.3 Å². The number of nitrogens with zero attached hydrogens (tertiary/aromatic N) is 2. The van der Waals surface area contributed by atoms with Gasteiger partial charge in [0.2, 0.25) is 5.91 Å². The minimum atomic E-state index is -1.33. The van der Waals surface area contributed by atoms with Gasteiger partial charge >= 0.3 is 12.0 Å². The Labute approximate surface area is 209 Å². The number of rotatable bonds is 10. The summed E-state index contributed by atoms with van der Waals surface area (Å²) in [5.74, 6) is -1.70. The minimum Gasteiger partial charge on any atom is -0.466 e. The number of carbonyl (C=O) groups excluding carboxylic acids is 4. The zero-order chi connectivity index (χ0) is 26.5. The summed E-state index contributed by atoms with van der Waals surface area (Å²) >= 11 is 0. The SMILES string of the molecule is CCOC(=O)CC(NC(=O)CN1C(=O)N(CC)C(C)(c2ccc(C(=N)N)cc2)C1=O)c1ccccc1. The Balaban J connectivity index is 1.82. The molecular formula is C26H31N5O5. The van der Waals surface area contributed by atoms with Gasteiger partial charge < -0.3 is 20.7 Å². The highest BCUT2D eigenvalue weighted by Gasteiger charge is 2.55. The molecule has 1 aliphatic rings. The van der Waals surface area contributed by atoms with Crippen LogP contribution in [-0.4, -0.2) is 59.1 Å². The van der Waals surface area contributed by atoms with Gasteiger partial charge in [-0.1, -0.05) is 54.6 Å². The van der Waals surface area contributed by atoms with Gasteiger partial charge in [0.1, 0.15) is 17.9 Å². The van der Waals surface area contributed by atoms with E-state index >= 15 is 0 Å². The number of imide groups is 1. The summed E-state index contributed by atoms with van der Waals surface area (Å²) in [6.45, 7) is 5.03. The molecule has 10 heteroatoms. The topological polar surface area (TPSA) is 146 Å². The Morgan fingerprint density at radius 3 is 2.28 bits per heavy atom. The number of hydrogen-bond donors (Lipinski definition) is 3. The fraction of sp³-hybridized carbons (Fsp3) is 0.346. The Kier molecular flexibility index (Phi) is 8.08. The van der Waals surface area contributed by atoms with Crippen LogP contribution >= 0.6 is 0 Å². The van der Waals surface area contributed by atoms with E-state index in [-0.39, 0.29) is 25.4 Å². The Morgan fingerprint density at radius 2 is 1.72 bits per heavy atom. The van der Waals surface area contributed by atoms with Crippen molar-refractivity contribution in [2.75, 3.05) is 19.7 Å². The highest BCUT2D eigenvalue weighted by Crippen LogP contribution is 2.37. The molecule has 0 radical (unpaired) electrons. The van der Waals surface area contributed by atoms with Crippen molar-refractivity contribution in [2.45, 2.75) is 38.8 Å². The number of benzene rings is 2. The lowest BCUT2D eigenvalue weighted by Gasteiger charge is -2.31. The van der Waals surface area contributed by atoms with Crippen molar-refractivity contribution in [1.29, 1.82) is 5.41 Å². The molecular weight excluding hydrogens is 462 g/mol. The summed E-state index contributed by atoms with van der Waals surface area (Å²) in [5, 5.41) is 10.3. The van der Waals surface area contributed by atoms with Gasteiger partial charge in [0.15, 0.2) is 0 Å². The molecule has 1 heterocycles. The van der Waals surface area contributed by atoms with Gasteiger partial charge in [0.05, 0.1) is 19.1 Å². The summed E-state index contributed by atoms with van der Waals surface area (Å²) in [4.78, 5) is 54.2. The van der Waals surface area contributed by atoms with E-state index in [9.17, 15) is 19.2 Å². The highest BCUT2D eigenvalue weighted by molar-refractivity contribution is 6.09. The number of ether oxygens (including phenoxy) is 1.